The number of anilines is 6. The SMILES string of the molecule is Cc1cc(C(C)(C)C)cc(C)c1N1c2cccc3c2B(c2cc4c(cc2N3c2ccc(C(C)(C)C)cc2-c2ccccc2)OCCCO4)c2c1sc1ccc(C(C)(C)C)cc21. The van der Waals surface area contributed by atoms with Gasteiger partial charge in [0.15, 0.2) is 11.5 Å². The highest BCUT2D eigenvalue weighted by atomic mass is 32.1. The van der Waals surface area contributed by atoms with E-state index in [1.54, 1.807) is 0 Å². The highest BCUT2D eigenvalue weighted by Crippen LogP contribution is 2.52. The molecule has 0 fully saturated rings. The lowest BCUT2D eigenvalue weighted by Crippen LogP contribution is -2.61. The molecule has 4 nitrogen and oxygen atoms in total. The monoisotopic (exact) mass is 820 g/mol. The van der Waals surface area contributed by atoms with Crippen LogP contribution in [0.5, 0.6) is 11.5 Å². The van der Waals surface area contributed by atoms with Crippen molar-refractivity contribution >= 4 is 78.0 Å². The average molecular weight is 821 g/mol. The van der Waals surface area contributed by atoms with E-state index in [2.05, 4.69) is 195 Å². The van der Waals surface area contributed by atoms with E-state index in [4.69, 9.17) is 9.47 Å². The number of nitrogens with zero attached hydrogens (tertiary/aromatic N) is 2. The van der Waals surface area contributed by atoms with E-state index in [0.29, 0.717) is 13.2 Å². The lowest BCUT2D eigenvalue weighted by atomic mass is 9.33. The summed E-state index contributed by atoms with van der Waals surface area (Å²) >= 11 is 1.93. The van der Waals surface area contributed by atoms with Gasteiger partial charge in [-0.3, -0.25) is 0 Å². The molecular weight excluding hydrogens is 763 g/mol. The molecule has 0 saturated heterocycles. The predicted molar refractivity (Wildman–Crippen MR) is 262 cm³/mol. The van der Waals surface area contributed by atoms with Crippen molar-refractivity contribution in [3.05, 3.63) is 137 Å². The van der Waals surface area contributed by atoms with E-state index in [-0.39, 0.29) is 23.0 Å². The Morgan fingerprint density at radius 1 is 0.541 bits per heavy atom. The lowest BCUT2D eigenvalue weighted by Gasteiger charge is -2.44. The number of benzene rings is 6. The normalized spacial score (nSPS) is 14.8. The van der Waals surface area contributed by atoms with Gasteiger partial charge in [0.05, 0.1) is 29.6 Å². The van der Waals surface area contributed by atoms with Gasteiger partial charge in [-0.2, -0.15) is 0 Å². The molecule has 0 spiro atoms. The molecule has 4 heterocycles. The Kier molecular flexibility index (Phi) is 9.13. The average Bonchev–Trinajstić information content (AvgIpc) is 3.43. The van der Waals surface area contributed by atoms with Gasteiger partial charge in [0, 0.05) is 39.8 Å². The molecule has 3 aliphatic heterocycles. The van der Waals surface area contributed by atoms with E-state index >= 15 is 0 Å². The smallest absolute Gasteiger partial charge is 0.254 e. The third-order valence-corrected chi connectivity index (χ3v) is 14.3. The first-order valence-corrected chi connectivity index (χ1v) is 22.9. The summed E-state index contributed by atoms with van der Waals surface area (Å²) in [6, 6.07) is 41.7. The van der Waals surface area contributed by atoms with Crippen LogP contribution in [-0.2, 0) is 16.2 Å². The molecule has 61 heavy (non-hydrogen) atoms. The van der Waals surface area contributed by atoms with E-state index in [1.807, 2.05) is 11.3 Å². The molecule has 0 aliphatic carbocycles. The van der Waals surface area contributed by atoms with Crippen LogP contribution in [0.4, 0.5) is 33.4 Å². The van der Waals surface area contributed by atoms with Crippen molar-refractivity contribution in [3.8, 4) is 22.6 Å². The Morgan fingerprint density at radius 2 is 1.15 bits per heavy atom. The van der Waals surface area contributed by atoms with E-state index in [1.165, 1.54) is 87.5 Å². The third kappa shape index (κ3) is 6.47. The number of ether oxygens (including phenoxy) is 2. The van der Waals surface area contributed by atoms with Crippen LogP contribution in [0.2, 0.25) is 0 Å². The molecule has 7 aromatic rings. The van der Waals surface area contributed by atoms with Gasteiger partial charge in [-0.05, 0) is 122 Å². The zero-order valence-corrected chi connectivity index (χ0v) is 38.5. The van der Waals surface area contributed by atoms with Crippen LogP contribution >= 0.6 is 11.3 Å². The molecule has 0 atom stereocenters. The summed E-state index contributed by atoms with van der Waals surface area (Å²) < 4.78 is 14.4. The number of hydrogen-bond donors (Lipinski definition) is 0. The molecule has 1 aromatic heterocycles. The van der Waals surface area contributed by atoms with Crippen LogP contribution in [0, 0.1) is 13.8 Å². The predicted octanol–water partition coefficient (Wildman–Crippen LogP) is 13.3. The van der Waals surface area contributed by atoms with Gasteiger partial charge in [-0.1, -0.05) is 129 Å². The summed E-state index contributed by atoms with van der Waals surface area (Å²) in [6.07, 6.45) is 0.847. The van der Waals surface area contributed by atoms with Crippen molar-refractivity contribution in [2.24, 2.45) is 0 Å². The number of rotatable bonds is 3. The van der Waals surface area contributed by atoms with Gasteiger partial charge < -0.3 is 19.3 Å². The standard InChI is InChI=1S/C55H57BN2O2S/c1-33-27-38(55(9,10)11)28-34(2)51(33)58-44-20-15-19-43-50(44)56(49-40-30-37(54(6,7)8)22-24-48(40)61-52(49)58)41-31-46-47(60-26-16-25-59-46)32-45(41)57(43)42-23-21-36(53(3,4)5)29-39(42)35-17-13-12-14-18-35/h12-15,17-24,27-32H,16,25-26H2,1-11H3. The van der Waals surface area contributed by atoms with Gasteiger partial charge >= 0.3 is 0 Å². The van der Waals surface area contributed by atoms with E-state index in [9.17, 15) is 0 Å². The minimum Gasteiger partial charge on any atom is -0.490 e. The van der Waals surface area contributed by atoms with Crippen molar-refractivity contribution in [2.45, 2.75) is 98.8 Å². The quantitative estimate of drug-likeness (QED) is 0.166. The van der Waals surface area contributed by atoms with Crippen LogP contribution < -0.4 is 35.7 Å². The Bertz CT molecular complexity index is 2870. The van der Waals surface area contributed by atoms with Crippen molar-refractivity contribution in [1.29, 1.82) is 0 Å². The van der Waals surface area contributed by atoms with E-state index in [0.717, 1.165) is 29.3 Å². The zero-order valence-electron chi connectivity index (χ0n) is 37.7. The van der Waals surface area contributed by atoms with Crippen molar-refractivity contribution in [1.82, 2.24) is 0 Å². The van der Waals surface area contributed by atoms with Crippen LogP contribution in [0.1, 0.15) is 96.6 Å². The fraction of sp³-hybridized carbons (Fsp3) is 0.309. The molecule has 6 heteroatoms. The Hall–Kier alpha value is -5.46. The summed E-state index contributed by atoms with van der Waals surface area (Å²) in [4.78, 5) is 5.16. The number of fused-ring (bicyclic) bond motifs is 7. The fourth-order valence-electron chi connectivity index (χ4n) is 9.85. The molecule has 0 saturated carbocycles. The second-order valence-electron chi connectivity index (χ2n) is 20.6. The minimum absolute atomic E-state index is 0.00672. The summed E-state index contributed by atoms with van der Waals surface area (Å²) in [5.41, 5.74) is 18.8. The second-order valence-corrected chi connectivity index (χ2v) is 21.6. The lowest BCUT2D eigenvalue weighted by molar-refractivity contribution is 0.297. The minimum atomic E-state index is -0.0479. The van der Waals surface area contributed by atoms with Crippen LogP contribution in [-0.4, -0.2) is 19.9 Å². The Labute approximate surface area is 367 Å². The van der Waals surface area contributed by atoms with Crippen molar-refractivity contribution < 1.29 is 9.47 Å². The second kappa shape index (κ2) is 14.0. The van der Waals surface area contributed by atoms with Crippen molar-refractivity contribution in [2.75, 3.05) is 23.0 Å². The maximum Gasteiger partial charge on any atom is 0.254 e. The molecule has 0 N–H and O–H groups in total. The highest BCUT2D eigenvalue weighted by Gasteiger charge is 2.47. The molecule has 3 aliphatic rings. The van der Waals surface area contributed by atoms with Crippen LogP contribution in [0.25, 0.3) is 21.2 Å². The summed E-state index contributed by atoms with van der Waals surface area (Å²) in [5.74, 6) is 1.63. The first kappa shape index (κ1) is 39.7. The molecule has 6 aromatic carbocycles. The van der Waals surface area contributed by atoms with E-state index < -0.39 is 0 Å². The number of thiophene rings is 1. The summed E-state index contributed by atoms with van der Waals surface area (Å²) in [6.45, 7) is 26.7. The maximum absolute atomic E-state index is 6.56. The van der Waals surface area contributed by atoms with Crippen LogP contribution in [0.15, 0.2) is 109 Å². The molecule has 0 radical (unpaired) electrons. The molecule has 0 unspecified atom stereocenters. The highest BCUT2D eigenvalue weighted by molar-refractivity contribution is 7.26. The number of hydrogen-bond acceptors (Lipinski definition) is 5. The fourth-order valence-corrected chi connectivity index (χ4v) is 11.1. The van der Waals surface area contributed by atoms with Gasteiger partial charge in [0.25, 0.3) is 6.71 Å². The first-order valence-electron chi connectivity index (χ1n) is 22.0. The first-order chi connectivity index (χ1) is 29.0. The largest absolute Gasteiger partial charge is 0.490 e. The molecule has 0 bridgehead atoms. The van der Waals surface area contributed by atoms with Gasteiger partial charge in [-0.15, -0.1) is 11.3 Å². The summed E-state index contributed by atoms with van der Waals surface area (Å²) in [7, 11) is 0. The third-order valence-electron chi connectivity index (χ3n) is 13.1. The molecular formula is C55H57BN2O2S. The van der Waals surface area contributed by atoms with Crippen molar-refractivity contribution in [3.63, 3.8) is 0 Å². The zero-order chi connectivity index (χ0) is 42.7. The maximum atomic E-state index is 6.56. The molecule has 0 amide bonds. The van der Waals surface area contributed by atoms with Gasteiger partial charge in [0.1, 0.15) is 0 Å². The summed E-state index contributed by atoms with van der Waals surface area (Å²) in [5, 5.41) is 2.62. The van der Waals surface area contributed by atoms with Crippen LogP contribution in [0.3, 0.4) is 0 Å². The van der Waals surface area contributed by atoms with Gasteiger partial charge in [-0.25, -0.2) is 0 Å². The number of aryl methyl sites for hydroxylation is 2. The van der Waals surface area contributed by atoms with Gasteiger partial charge in [0.2, 0.25) is 0 Å². The topological polar surface area (TPSA) is 24.9 Å². The molecule has 10 rings (SSSR count). The Morgan fingerprint density at radius 3 is 1.80 bits per heavy atom. The Balaban J connectivity index is 1.34. The molecule has 308 valence electrons.